The number of carbonyl (C=O) groups is 1. The van der Waals surface area contributed by atoms with Crippen molar-refractivity contribution in [3.05, 3.63) is 45.6 Å². The van der Waals surface area contributed by atoms with Crippen LogP contribution in [0.1, 0.15) is 26.0 Å². The van der Waals surface area contributed by atoms with Gasteiger partial charge >= 0.3 is 5.97 Å². The molecule has 2 aromatic rings. The Balaban J connectivity index is 2.10. The third-order valence-electron chi connectivity index (χ3n) is 3.90. The Kier molecular flexibility index (Phi) is 3.91. The fourth-order valence-electron chi connectivity index (χ4n) is 2.79. The third-order valence-corrected chi connectivity index (χ3v) is 6.98. The Hall–Kier alpha value is -1.90. The molecule has 0 amide bonds. The summed E-state index contributed by atoms with van der Waals surface area (Å²) in [5, 5.41) is 18.6. The summed E-state index contributed by atoms with van der Waals surface area (Å²) in [5.41, 5.74) is 1.32. The molecule has 0 aliphatic carbocycles. The topological polar surface area (TPSA) is 94.9 Å². The van der Waals surface area contributed by atoms with Crippen LogP contribution < -0.4 is 4.31 Å². The van der Waals surface area contributed by atoms with Gasteiger partial charge in [-0.2, -0.15) is 0 Å². The molecule has 1 aromatic carbocycles. The summed E-state index contributed by atoms with van der Waals surface area (Å²) in [6.07, 6.45) is 0. The van der Waals surface area contributed by atoms with Crippen LogP contribution in [-0.2, 0) is 10.0 Å². The van der Waals surface area contributed by atoms with Gasteiger partial charge in [-0.1, -0.05) is 18.2 Å². The second kappa shape index (κ2) is 5.63. The number of anilines is 1. The van der Waals surface area contributed by atoms with E-state index in [0.29, 0.717) is 10.6 Å². The molecule has 2 N–H and O–H groups in total. The van der Waals surface area contributed by atoms with Crippen LogP contribution >= 0.6 is 11.3 Å². The van der Waals surface area contributed by atoms with E-state index in [1.54, 1.807) is 31.2 Å². The number of aryl methyl sites for hydroxylation is 1. The minimum atomic E-state index is -3.87. The predicted octanol–water partition coefficient (Wildman–Crippen LogP) is 2.04. The highest BCUT2D eigenvalue weighted by molar-refractivity contribution is 7.93. The number of carboxylic acids is 1. The molecule has 6 nitrogen and oxygen atoms in total. The van der Waals surface area contributed by atoms with E-state index in [1.165, 1.54) is 10.4 Å². The van der Waals surface area contributed by atoms with E-state index >= 15 is 0 Å². The number of rotatable bonds is 4. The van der Waals surface area contributed by atoms with Crippen LogP contribution in [0.5, 0.6) is 0 Å². The van der Waals surface area contributed by atoms with E-state index in [9.17, 15) is 18.3 Å². The molecule has 122 valence electrons. The smallest absolute Gasteiger partial charge is 0.345 e. The molecule has 1 unspecified atom stereocenters. The maximum atomic E-state index is 13.0. The van der Waals surface area contributed by atoms with Gasteiger partial charge in [0, 0.05) is 17.3 Å². The van der Waals surface area contributed by atoms with Crippen molar-refractivity contribution < 1.29 is 23.4 Å². The molecule has 23 heavy (non-hydrogen) atoms. The number of para-hydroxylation sites is 1. The zero-order valence-corrected chi connectivity index (χ0v) is 13.9. The monoisotopic (exact) mass is 353 g/mol. The zero-order chi connectivity index (χ0) is 16.8. The van der Waals surface area contributed by atoms with Crippen LogP contribution in [0.25, 0.3) is 0 Å². The lowest BCUT2D eigenvalue weighted by Gasteiger charge is -2.19. The number of carboxylic acid groups (broad SMARTS) is 1. The maximum absolute atomic E-state index is 13.0. The molecule has 1 aliphatic heterocycles. The number of sulfonamides is 1. The van der Waals surface area contributed by atoms with Crippen LogP contribution in [0, 0.1) is 6.92 Å². The lowest BCUT2D eigenvalue weighted by molar-refractivity contribution is 0.0702. The molecule has 0 spiro atoms. The molecule has 0 fully saturated rings. The van der Waals surface area contributed by atoms with Crippen molar-refractivity contribution in [2.45, 2.75) is 17.7 Å². The van der Waals surface area contributed by atoms with Gasteiger partial charge in [0.1, 0.15) is 9.77 Å². The Morgan fingerprint density at radius 1 is 1.39 bits per heavy atom. The number of aliphatic hydroxyl groups is 1. The summed E-state index contributed by atoms with van der Waals surface area (Å²) < 4.78 is 27.2. The molecule has 1 atom stereocenters. The second-order valence-corrected chi connectivity index (χ2v) is 8.40. The van der Waals surface area contributed by atoms with Crippen molar-refractivity contribution in [3.63, 3.8) is 0 Å². The Labute approximate surface area is 137 Å². The zero-order valence-electron chi connectivity index (χ0n) is 12.3. The minimum absolute atomic E-state index is 0.00716. The minimum Gasteiger partial charge on any atom is -0.477 e. The van der Waals surface area contributed by atoms with Crippen molar-refractivity contribution in [2.24, 2.45) is 0 Å². The summed E-state index contributed by atoms with van der Waals surface area (Å²) in [6, 6.07) is 8.24. The van der Waals surface area contributed by atoms with Crippen molar-refractivity contribution >= 4 is 33.0 Å². The molecule has 1 aromatic heterocycles. The fourth-order valence-corrected chi connectivity index (χ4v) is 5.72. The standard InChI is InChI=1S/C15H15NO5S2/c1-9-14(6-13(22-9)15(18)19)23(20,21)16-7-10(8-17)11-4-2-3-5-12(11)16/h2-6,10,17H,7-8H2,1H3,(H,18,19). The number of thiophene rings is 1. The number of aromatic carboxylic acids is 1. The molecule has 0 saturated heterocycles. The number of benzene rings is 1. The van der Waals surface area contributed by atoms with Crippen LogP contribution in [-0.4, -0.2) is 37.8 Å². The van der Waals surface area contributed by atoms with Crippen molar-refractivity contribution in [1.82, 2.24) is 0 Å². The van der Waals surface area contributed by atoms with Crippen molar-refractivity contribution in [3.8, 4) is 0 Å². The first-order chi connectivity index (χ1) is 10.9. The average molecular weight is 353 g/mol. The van der Waals surface area contributed by atoms with Gasteiger partial charge < -0.3 is 10.2 Å². The van der Waals surface area contributed by atoms with Crippen LogP contribution in [0.4, 0.5) is 5.69 Å². The van der Waals surface area contributed by atoms with Gasteiger partial charge in [-0.3, -0.25) is 4.31 Å². The van der Waals surface area contributed by atoms with E-state index in [4.69, 9.17) is 5.11 Å². The van der Waals surface area contributed by atoms with E-state index in [1.807, 2.05) is 0 Å². The summed E-state index contributed by atoms with van der Waals surface area (Å²) in [5.74, 6) is -1.42. The first-order valence-electron chi connectivity index (χ1n) is 6.92. The fraction of sp³-hybridized carbons (Fsp3) is 0.267. The lowest BCUT2D eigenvalue weighted by Crippen LogP contribution is -2.30. The van der Waals surface area contributed by atoms with Gasteiger partial charge in [0.2, 0.25) is 0 Å². The second-order valence-electron chi connectivity index (χ2n) is 5.31. The highest BCUT2D eigenvalue weighted by Crippen LogP contribution is 2.40. The molecule has 8 heteroatoms. The summed E-state index contributed by atoms with van der Waals surface area (Å²) in [7, 11) is -3.87. The SMILES string of the molecule is Cc1sc(C(=O)O)cc1S(=O)(=O)N1CC(CO)c2ccccc21. The van der Waals surface area contributed by atoms with Crippen LogP contribution in [0.15, 0.2) is 35.2 Å². The van der Waals surface area contributed by atoms with E-state index in [0.717, 1.165) is 16.9 Å². The highest BCUT2D eigenvalue weighted by atomic mass is 32.2. The Morgan fingerprint density at radius 3 is 2.70 bits per heavy atom. The number of aliphatic hydroxyl groups excluding tert-OH is 1. The van der Waals surface area contributed by atoms with Crippen molar-refractivity contribution in [1.29, 1.82) is 0 Å². The number of hydrogen-bond donors (Lipinski definition) is 2. The molecular formula is C15H15NO5S2. The third kappa shape index (κ3) is 2.52. The van der Waals surface area contributed by atoms with E-state index in [2.05, 4.69) is 0 Å². The van der Waals surface area contributed by atoms with Crippen LogP contribution in [0.2, 0.25) is 0 Å². The van der Waals surface area contributed by atoms with Gasteiger partial charge in [0.15, 0.2) is 0 Å². The first-order valence-corrected chi connectivity index (χ1v) is 9.18. The van der Waals surface area contributed by atoms with Crippen LogP contribution in [0.3, 0.4) is 0 Å². The van der Waals surface area contributed by atoms with Gasteiger partial charge in [-0.15, -0.1) is 11.3 Å². The average Bonchev–Trinajstić information content (AvgIpc) is 3.08. The van der Waals surface area contributed by atoms with E-state index < -0.39 is 16.0 Å². The largest absolute Gasteiger partial charge is 0.477 e. The molecule has 1 aliphatic rings. The first kappa shape index (κ1) is 16.0. The van der Waals surface area contributed by atoms with Gasteiger partial charge in [-0.25, -0.2) is 13.2 Å². The maximum Gasteiger partial charge on any atom is 0.345 e. The molecule has 0 radical (unpaired) electrons. The van der Waals surface area contributed by atoms with E-state index in [-0.39, 0.29) is 28.8 Å². The number of nitrogens with zero attached hydrogens (tertiary/aromatic N) is 1. The molecule has 0 saturated carbocycles. The number of hydrogen-bond acceptors (Lipinski definition) is 5. The van der Waals surface area contributed by atoms with Gasteiger partial charge in [-0.05, 0) is 24.6 Å². The summed E-state index contributed by atoms with van der Waals surface area (Å²) >= 11 is 0.941. The molecule has 0 bridgehead atoms. The normalized spacial score (nSPS) is 17.3. The number of fused-ring (bicyclic) bond motifs is 1. The van der Waals surface area contributed by atoms with Gasteiger partial charge in [0.25, 0.3) is 10.0 Å². The van der Waals surface area contributed by atoms with Crippen molar-refractivity contribution in [2.75, 3.05) is 17.5 Å². The Morgan fingerprint density at radius 2 is 2.09 bits per heavy atom. The Bertz CT molecular complexity index is 872. The highest BCUT2D eigenvalue weighted by Gasteiger charge is 2.37. The summed E-state index contributed by atoms with van der Waals surface area (Å²) in [4.78, 5) is 11.5. The molecule has 3 rings (SSSR count). The molecular weight excluding hydrogens is 338 g/mol. The lowest BCUT2D eigenvalue weighted by atomic mass is 10.0. The predicted molar refractivity (Wildman–Crippen MR) is 86.8 cm³/mol. The molecule has 2 heterocycles. The quantitative estimate of drug-likeness (QED) is 0.877. The van der Waals surface area contributed by atoms with Gasteiger partial charge in [0.05, 0.1) is 12.3 Å². The summed E-state index contributed by atoms with van der Waals surface area (Å²) in [6.45, 7) is 1.59.